The zero-order valence-electron chi connectivity index (χ0n) is 10.4. The van der Waals surface area contributed by atoms with E-state index in [2.05, 4.69) is 5.32 Å². The van der Waals surface area contributed by atoms with Gasteiger partial charge in [-0.2, -0.15) is 11.3 Å². The Morgan fingerprint density at radius 1 is 1.53 bits per heavy atom. The van der Waals surface area contributed by atoms with Crippen LogP contribution in [0.1, 0.15) is 38.2 Å². The molecule has 2 saturated carbocycles. The van der Waals surface area contributed by atoms with Gasteiger partial charge < -0.3 is 10.4 Å². The van der Waals surface area contributed by atoms with Crippen LogP contribution >= 0.6 is 11.3 Å². The average Bonchev–Trinajstić information content (AvgIpc) is 2.89. The number of rotatable bonds is 4. The lowest BCUT2D eigenvalue weighted by atomic mass is 9.93. The Kier molecular flexibility index (Phi) is 3.01. The van der Waals surface area contributed by atoms with Crippen LogP contribution in [0.5, 0.6) is 0 Å². The van der Waals surface area contributed by atoms with Crippen molar-refractivity contribution in [3.63, 3.8) is 0 Å². The number of thiophene rings is 1. The fraction of sp³-hybridized carbons (Fsp3) is 0.714. The molecule has 2 aliphatic carbocycles. The first-order valence-electron chi connectivity index (χ1n) is 6.65. The third-order valence-corrected chi connectivity index (χ3v) is 5.12. The maximum absolute atomic E-state index is 10.4. The van der Waals surface area contributed by atoms with Gasteiger partial charge >= 0.3 is 0 Å². The predicted molar refractivity (Wildman–Crippen MR) is 71.1 cm³/mol. The molecular weight excluding hydrogens is 230 g/mol. The molecular formula is C14H21NOS. The van der Waals surface area contributed by atoms with Crippen LogP contribution in [0.3, 0.4) is 0 Å². The molecule has 2 unspecified atom stereocenters. The second-order valence-corrected chi connectivity index (χ2v) is 6.64. The van der Waals surface area contributed by atoms with Crippen molar-refractivity contribution in [1.29, 1.82) is 0 Å². The Labute approximate surface area is 107 Å². The Morgan fingerprint density at radius 2 is 2.41 bits per heavy atom. The molecule has 1 aromatic rings. The first-order chi connectivity index (χ1) is 8.17. The molecule has 2 N–H and O–H groups in total. The summed E-state index contributed by atoms with van der Waals surface area (Å²) in [7, 11) is 0. The smallest absolute Gasteiger partial charge is 0.1000 e. The van der Waals surface area contributed by atoms with E-state index in [1.54, 1.807) is 11.3 Å². The van der Waals surface area contributed by atoms with Gasteiger partial charge in [-0.25, -0.2) is 0 Å². The van der Waals surface area contributed by atoms with E-state index in [0.29, 0.717) is 12.6 Å². The van der Waals surface area contributed by atoms with E-state index in [4.69, 9.17) is 0 Å². The fourth-order valence-corrected chi connectivity index (χ4v) is 3.95. The van der Waals surface area contributed by atoms with Gasteiger partial charge in [0.05, 0.1) is 5.60 Å². The third-order valence-electron chi connectivity index (χ3n) is 4.44. The van der Waals surface area contributed by atoms with Crippen molar-refractivity contribution in [1.82, 2.24) is 5.32 Å². The molecule has 2 fully saturated rings. The Bertz CT molecular complexity index is 374. The molecule has 0 aliphatic heterocycles. The van der Waals surface area contributed by atoms with Gasteiger partial charge in [0.2, 0.25) is 0 Å². The molecule has 0 aromatic carbocycles. The SMILES string of the molecule is CC(O)(CNC1CCC[C@@H]2C[C@H]12)c1ccsc1. The largest absolute Gasteiger partial charge is 0.384 e. The quantitative estimate of drug-likeness (QED) is 0.862. The van der Waals surface area contributed by atoms with Gasteiger partial charge in [0.15, 0.2) is 0 Å². The van der Waals surface area contributed by atoms with Crippen molar-refractivity contribution >= 4 is 11.3 Å². The highest BCUT2D eigenvalue weighted by molar-refractivity contribution is 7.08. The summed E-state index contributed by atoms with van der Waals surface area (Å²) >= 11 is 1.65. The van der Waals surface area contributed by atoms with Gasteiger partial charge in [0.25, 0.3) is 0 Å². The van der Waals surface area contributed by atoms with Gasteiger partial charge in [-0.15, -0.1) is 0 Å². The lowest BCUT2D eigenvalue weighted by Gasteiger charge is -2.29. The summed E-state index contributed by atoms with van der Waals surface area (Å²) in [6, 6.07) is 2.67. The monoisotopic (exact) mass is 251 g/mol. The molecule has 17 heavy (non-hydrogen) atoms. The Balaban J connectivity index is 1.56. The molecule has 0 bridgehead atoms. The standard InChI is InChI=1S/C14H21NOS/c1-14(16,11-5-6-17-8-11)9-15-13-4-2-3-10-7-12(10)13/h5-6,8,10,12-13,15-16H,2-4,7,9H2,1H3/t10-,12+,13?,14?/m1/s1. The molecule has 2 aliphatic rings. The van der Waals surface area contributed by atoms with Gasteiger partial charge in [0.1, 0.15) is 0 Å². The molecule has 0 amide bonds. The molecule has 3 heteroatoms. The summed E-state index contributed by atoms with van der Waals surface area (Å²) in [4.78, 5) is 0. The number of aliphatic hydroxyl groups is 1. The molecule has 0 radical (unpaired) electrons. The minimum atomic E-state index is -0.720. The topological polar surface area (TPSA) is 32.3 Å². The zero-order chi connectivity index (χ0) is 11.9. The van der Waals surface area contributed by atoms with E-state index in [0.717, 1.165) is 17.4 Å². The number of nitrogens with one attached hydrogen (secondary N) is 1. The molecule has 0 spiro atoms. The predicted octanol–water partition coefficient (Wildman–Crippen LogP) is 2.73. The highest BCUT2D eigenvalue weighted by Crippen LogP contribution is 2.49. The number of fused-ring (bicyclic) bond motifs is 1. The average molecular weight is 251 g/mol. The van der Waals surface area contributed by atoms with Crippen molar-refractivity contribution in [3.05, 3.63) is 22.4 Å². The fourth-order valence-electron chi connectivity index (χ4n) is 3.17. The van der Waals surface area contributed by atoms with Crippen LogP contribution in [0.25, 0.3) is 0 Å². The molecule has 3 rings (SSSR count). The first kappa shape index (κ1) is 11.7. The van der Waals surface area contributed by atoms with E-state index in [-0.39, 0.29) is 0 Å². The lowest BCUT2D eigenvalue weighted by molar-refractivity contribution is 0.0519. The van der Waals surface area contributed by atoms with Crippen LogP contribution in [0, 0.1) is 11.8 Å². The van der Waals surface area contributed by atoms with E-state index in [9.17, 15) is 5.11 Å². The summed E-state index contributed by atoms with van der Waals surface area (Å²) in [5.41, 5.74) is 0.320. The van der Waals surface area contributed by atoms with Gasteiger partial charge in [0, 0.05) is 12.6 Å². The van der Waals surface area contributed by atoms with E-state index in [1.807, 2.05) is 23.8 Å². The van der Waals surface area contributed by atoms with Crippen molar-refractivity contribution in [2.24, 2.45) is 11.8 Å². The second-order valence-electron chi connectivity index (χ2n) is 5.86. The summed E-state index contributed by atoms with van der Waals surface area (Å²) < 4.78 is 0. The lowest BCUT2D eigenvalue weighted by Crippen LogP contribution is -2.42. The van der Waals surface area contributed by atoms with Gasteiger partial charge in [-0.1, -0.05) is 12.8 Å². The summed E-state index contributed by atoms with van der Waals surface area (Å²) in [6.45, 7) is 2.59. The van der Waals surface area contributed by atoms with Crippen molar-refractivity contribution < 1.29 is 5.11 Å². The second kappa shape index (κ2) is 4.38. The first-order valence-corrected chi connectivity index (χ1v) is 7.59. The van der Waals surface area contributed by atoms with Gasteiger partial charge in [-0.05, 0) is 54.0 Å². The van der Waals surface area contributed by atoms with E-state index < -0.39 is 5.60 Å². The molecule has 94 valence electrons. The van der Waals surface area contributed by atoms with E-state index in [1.165, 1.54) is 25.7 Å². The van der Waals surface area contributed by atoms with E-state index >= 15 is 0 Å². The molecule has 0 saturated heterocycles. The maximum atomic E-state index is 10.4. The van der Waals surface area contributed by atoms with Crippen LogP contribution in [-0.2, 0) is 5.60 Å². The molecule has 1 heterocycles. The van der Waals surface area contributed by atoms with Crippen LogP contribution in [0.2, 0.25) is 0 Å². The summed E-state index contributed by atoms with van der Waals surface area (Å²) in [5.74, 6) is 1.90. The normalized spacial score (nSPS) is 35.1. The Hall–Kier alpha value is -0.380. The summed E-state index contributed by atoms with van der Waals surface area (Å²) in [6.07, 6.45) is 5.50. The number of hydrogen-bond donors (Lipinski definition) is 2. The molecule has 2 nitrogen and oxygen atoms in total. The van der Waals surface area contributed by atoms with Crippen molar-refractivity contribution in [3.8, 4) is 0 Å². The zero-order valence-corrected chi connectivity index (χ0v) is 11.2. The minimum Gasteiger partial charge on any atom is -0.384 e. The highest BCUT2D eigenvalue weighted by atomic mass is 32.1. The van der Waals surface area contributed by atoms with Gasteiger partial charge in [-0.3, -0.25) is 0 Å². The van der Waals surface area contributed by atoms with Crippen LogP contribution < -0.4 is 5.32 Å². The van der Waals surface area contributed by atoms with Crippen LogP contribution in [0.4, 0.5) is 0 Å². The molecule has 1 aromatic heterocycles. The van der Waals surface area contributed by atoms with Crippen LogP contribution in [-0.4, -0.2) is 17.7 Å². The van der Waals surface area contributed by atoms with Crippen molar-refractivity contribution in [2.75, 3.05) is 6.54 Å². The molecule has 4 atom stereocenters. The highest BCUT2D eigenvalue weighted by Gasteiger charge is 2.45. The minimum absolute atomic E-state index is 0.652. The maximum Gasteiger partial charge on any atom is 0.1000 e. The van der Waals surface area contributed by atoms with Crippen LogP contribution in [0.15, 0.2) is 16.8 Å². The number of hydrogen-bond acceptors (Lipinski definition) is 3. The summed E-state index contributed by atoms with van der Waals surface area (Å²) in [5, 5.41) is 18.1. The van der Waals surface area contributed by atoms with Crippen molar-refractivity contribution in [2.45, 2.75) is 44.2 Å². The Morgan fingerprint density at radius 3 is 3.18 bits per heavy atom. The third kappa shape index (κ3) is 2.42.